The van der Waals surface area contributed by atoms with Crippen LogP contribution in [0.25, 0.3) is 5.69 Å². The maximum Gasteiger partial charge on any atom is 0.338 e. The zero-order valence-corrected chi connectivity index (χ0v) is 15.8. The SMILES string of the molecule is CN(CC(=O)NC(C)(C)C)C(=O)COC(=O)c1ccc(-n2cncn2)cc1. The zero-order valence-electron chi connectivity index (χ0n) is 15.8. The highest BCUT2D eigenvalue weighted by molar-refractivity contribution is 5.92. The monoisotopic (exact) mass is 373 g/mol. The molecule has 1 aromatic carbocycles. The minimum Gasteiger partial charge on any atom is -0.452 e. The number of hydrogen-bond acceptors (Lipinski definition) is 6. The molecule has 9 nitrogen and oxygen atoms in total. The number of amides is 2. The molecule has 1 N–H and O–H groups in total. The fourth-order valence-corrected chi connectivity index (χ4v) is 2.17. The van der Waals surface area contributed by atoms with E-state index in [1.54, 1.807) is 28.9 Å². The van der Waals surface area contributed by atoms with Crippen molar-refractivity contribution in [2.24, 2.45) is 0 Å². The molecule has 2 aromatic rings. The van der Waals surface area contributed by atoms with E-state index in [4.69, 9.17) is 4.74 Å². The highest BCUT2D eigenvalue weighted by Crippen LogP contribution is 2.09. The highest BCUT2D eigenvalue weighted by Gasteiger charge is 2.19. The Hall–Kier alpha value is -3.23. The van der Waals surface area contributed by atoms with Crippen molar-refractivity contribution in [3.05, 3.63) is 42.5 Å². The van der Waals surface area contributed by atoms with Crippen LogP contribution in [0.5, 0.6) is 0 Å². The Labute approximate surface area is 157 Å². The van der Waals surface area contributed by atoms with E-state index in [1.807, 2.05) is 20.8 Å². The molecule has 0 aliphatic carbocycles. The first-order chi connectivity index (χ1) is 12.7. The number of aromatic nitrogens is 3. The summed E-state index contributed by atoms with van der Waals surface area (Å²) in [7, 11) is 1.48. The minimum atomic E-state index is -0.624. The van der Waals surface area contributed by atoms with Gasteiger partial charge in [0.05, 0.1) is 17.8 Å². The van der Waals surface area contributed by atoms with Crippen LogP contribution in [0.1, 0.15) is 31.1 Å². The molecule has 0 saturated carbocycles. The van der Waals surface area contributed by atoms with Gasteiger partial charge in [0.2, 0.25) is 5.91 Å². The van der Waals surface area contributed by atoms with Gasteiger partial charge in [0.1, 0.15) is 12.7 Å². The second kappa shape index (κ2) is 8.43. The first-order valence-electron chi connectivity index (χ1n) is 8.33. The largest absolute Gasteiger partial charge is 0.452 e. The smallest absolute Gasteiger partial charge is 0.338 e. The molecule has 2 rings (SSSR count). The third-order valence-corrected chi connectivity index (χ3v) is 3.43. The van der Waals surface area contributed by atoms with Crippen LogP contribution >= 0.6 is 0 Å². The van der Waals surface area contributed by atoms with Gasteiger partial charge in [-0.15, -0.1) is 0 Å². The highest BCUT2D eigenvalue weighted by atomic mass is 16.5. The van der Waals surface area contributed by atoms with E-state index >= 15 is 0 Å². The molecule has 144 valence electrons. The molecule has 0 radical (unpaired) electrons. The molecule has 27 heavy (non-hydrogen) atoms. The van der Waals surface area contributed by atoms with Crippen molar-refractivity contribution in [2.45, 2.75) is 26.3 Å². The number of esters is 1. The van der Waals surface area contributed by atoms with Crippen molar-refractivity contribution in [1.82, 2.24) is 25.0 Å². The Morgan fingerprint density at radius 1 is 1.19 bits per heavy atom. The number of carbonyl (C=O) groups excluding carboxylic acids is 3. The van der Waals surface area contributed by atoms with E-state index < -0.39 is 18.5 Å². The number of likely N-dealkylation sites (N-methyl/N-ethyl adjacent to an activating group) is 1. The topological polar surface area (TPSA) is 106 Å². The number of nitrogens with one attached hydrogen (secondary N) is 1. The maximum absolute atomic E-state index is 12.1. The number of benzene rings is 1. The average molecular weight is 373 g/mol. The van der Waals surface area contributed by atoms with Gasteiger partial charge in [0.15, 0.2) is 6.61 Å². The number of nitrogens with zero attached hydrogens (tertiary/aromatic N) is 4. The average Bonchev–Trinajstić information content (AvgIpc) is 3.12. The fraction of sp³-hybridized carbons (Fsp3) is 0.389. The van der Waals surface area contributed by atoms with Crippen LogP contribution in [-0.4, -0.2) is 63.2 Å². The summed E-state index contributed by atoms with van der Waals surface area (Å²) in [6.07, 6.45) is 2.95. The van der Waals surface area contributed by atoms with Crippen molar-refractivity contribution >= 4 is 17.8 Å². The summed E-state index contributed by atoms with van der Waals surface area (Å²) in [4.78, 5) is 41.0. The molecule has 0 atom stereocenters. The lowest BCUT2D eigenvalue weighted by Gasteiger charge is -2.23. The number of hydrogen-bond donors (Lipinski definition) is 1. The lowest BCUT2D eigenvalue weighted by atomic mass is 10.1. The summed E-state index contributed by atoms with van der Waals surface area (Å²) >= 11 is 0. The summed E-state index contributed by atoms with van der Waals surface area (Å²) in [5.74, 6) is -1.37. The van der Waals surface area contributed by atoms with Gasteiger partial charge in [-0.2, -0.15) is 5.10 Å². The summed E-state index contributed by atoms with van der Waals surface area (Å²) in [6.45, 7) is 5.00. The Morgan fingerprint density at radius 3 is 2.41 bits per heavy atom. The Bertz CT molecular complexity index is 794. The zero-order chi connectivity index (χ0) is 20.0. The number of carbonyl (C=O) groups is 3. The first kappa shape index (κ1) is 20.1. The third-order valence-electron chi connectivity index (χ3n) is 3.43. The molecule has 0 aliphatic rings. The second-order valence-electron chi connectivity index (χ2n) is 7.01. The maximum atomic E-state index is 12.1. The molecule has 0 saturated heterocycles. The predicted octanol–water partition coefficient (Wildman–Crippen LogP) is 0.797. The van der Waals surface area contributed by atoms with E-state index in [-0.39, 0.29) is 18.0 Å². The van der Waals surface area contributed by atoms with Gasteiger partial charge in [0, 0.05) is 12.6 Å². The van der Waals surface area contributed by atoms with Crippen LogP contribution in [0.3, 0.4) is 0 Å². The lowest BCUT2D eigenvalue weighted by molar-refractivity contribution is -0.137. The molecule has 1 heterocycles. The summed E-state index contributed by atoms with van der Waals surface area (Å²) < 4.78 is 6.58. The standard InChI is InChI=1S/C18H23N5O4/c1-18(2,3)21-15(24)9-22(4)16(25)10-27-17(26)13-5-7-14(8-6-13)23-12-19-11-20-23/h5-8,11-12H,9-10H2,1-4H3,(H,21,24). The summed E-state index contributed by atoms with van der Waals surface area (Å²) in [6, 6.07) is 6.53. The van der Waals surface area contributed by atoms with E-state index in [0.29, 0.717) is 5.56 Å². The van der Waals surface area contributed by atoms with Gasteiger partial charge in [-0.25, -0.2) is 14.5 Å². The van der Waals surface area contributed by atoms with E-state index in [0.717, 1.165) is 5.69 Å². The summed E-state index contributed by atoms with van der Waals surface area (Å²) in [5.41, 5.74) is 0.663. The van der Waals surface area contributed by atoms with E-state index in [1.165, 1.54) is 24.6 Å². The van der Waals surface area contributed by atoms with Crippen LogP contribution in [0.4, 0.5) is 0 Å². The van der Waals surface area contributed by atoms with Gasteiger partial charge >= 0.3 is 5.97 Å². The van der Waals surface area contributed by atoms with Gasteiger partial charge in [-0.05, 0) is 45.0 Å². The molecule has 9 heteroatoms. The molecule has 0 bridgehead atoms. The molecule has 2 amide bonds. The lowest BCUT2D eigenvalue weighted by Crippen LogP contribution is -2.46. The molecule has 0 spiro atoms. The van der Waals surface area contributed by atoms with E-state index in [2.05, 4.69) is 15.4 Å². The van der Waals surface area contributed by atoms with Crippen LogP contribution in [0.2, 0.25) is 0 Å². The Morgan fingerprint density at radius 2 is 1.85 bits per heavy atom. The van der Waals surface area contributed by atoms with Gasteiger partial charge in [0.25, 0.3) is 5.91 Å². The normalized spacial score (nSPS) is 11.0. The Kier molecular flexibility index (Phi) is 6.27. The van der Waals surface area contributed by atoms with Crippen LogP contribution in [0, 0.1) is 0 Å². The number of rotatable bonds is 6. The minimum absolute atomic E-state index is 0.111. The molecular formula is C18H23N5O4. The quantitative estimate of drug-likeness (QED) is 0.751. The predicted molar refractivity (Wildman–Crippen MR) is 97.2 cm³/mol. The van der Waals surface area contributed by atoms with Crippen LogP contribution < -0.4 is 5.32 Å². The molecule has 0 aliphatic heterocycles. The van der Waals surface area contributed by atoms with Crippen molar-refractivity contribution in [2.75, 3.05) is 20.2 Å². The van der Waals surface area contributed by atoms with Gasteiger partial charge < -0.3 is 15.0 Å². The summed E-state index contributed by atoms with van der Waals surface area (Å²) in [5, 5.41) is 6.75. The Balaban J connectivity index is 1.83. The number of ether oxygens (including phenoxy) is 1. The van der Waals surface area contributed by atoms with Crippen molar-refractivity contribution in [1.29, 1.82) is 0 Å². The molecule has 1 aromatic heterocycles. The second-order valence-corrected chi connectivity index (χ2v) is 7.01. The first-order valence-corrected chi connectivity index (χ1v) is 8.33. The van der Waals surface area contributed by atoms with Gasteiger partial charge in [-0.1, -0.05) is 0 Å². The van der Waals surface area contributed by atoms with Gasteiger partial charge in [-0.3, -0.25) is 9.59 Å². The van der Waals surface area contributed by atoms with Crippen LogP contribution in [-0.2, 0) is 14.3 Å². The third kappa shape index (κ3) is 6.21. The van der Waals surface area contributed by atoms with Crippen molar-refractivity contribution < 1.29 is 19.1 Å². The van der Waals surface area contributed by atoms with E-state index in [9.17, 15) is 14.4 Å². The molecule has 0 unspecified atom stereocenters. The fourth-order valence-electron chi connectivity index (χ4n) is 2.17. The van der Waals surface area contributed by atoms with Crippen molar-refractivity contribution in [3.8, 4) is 5.69 Å². The molecular weight excluding hydrogens is 350 g/mol. The molecule has 0 fully saturated rings. The van der Waals surface area contributed by atoms with Crippen LogP contribution in [0.15, 0.2) is 36.9 Å². The van der Waals surface area contributed by atoms with Crippen molar-refractivity contribution in [3.63, 3.8) is 0 Å².